The van der Waals surface area contributed by atoms with Gasteiger partial charge < -0.3 is 38.6 Å². The van der Waals surface area contributed by atoms with Crippen molar-refractivity contribution in [1.29, 1.82) is 0 Å². The fourth-order valence-electron chi connectivity index (χ4n) is 3.00. The van der Waals surface area contributed by atoms with Gasteiger partial charge in [0.1, 0.15) is 31.2 Å². The van der Waals surface area contributed by atoms with Gasteiger partial charge in [0, 0.05) is 13.5 Å². The molecule has 2 heterocycles. The Morgan fingerprint density at radius 3 is 2.64 bits per heavy atom. The Morgan fingerprint density at radius 1 is 1.36 bits per heavy atom. The van der Waals surface area contributed by atoms with E-state index in [1.165, 1.54) is 7.11 Å². The molecule has 0 amide bonds. The molecule has 9 heteroatoms. The first kappa shape index (κ1) is 20.5. The van der Waals surface area contributed by atoms with Crippen molar-refractivity contribution in [3.63, 3.8) is 0 Å². The van der Waals surface area contributed by atoms with Crippen LogP contribution in [0.25, 0.3) is 0 Å². The third-order valence-electron chi connectivity index (χ3n) is 4.16. The Hall–Kier alpha value is -0.810. The maximum absolute atomic E-state index is 12.0. The summed E-state index contributed by atoms with van der Waals surface area (Å²) >= 11 is 0. The lowest BCUT2D eigenvalue weighted by atomic mass is 9.92. The van der Waals surface area contributed by atoms with Gasteiger partial charge in [-0.3, -0.25) is 0 Å². The monoisotopic (exact) mass is 364 g/mol. The van der Waals surface area contributed by atoms with Crippen LogP contribution in [0, 0.1) is 0 Å². The number of aliphatic hydroxyl groups excluding tert-OH is 2. The van der Waals surface area contributed by atoms with Crippen LogP contribution >= 0.6 is 0 Å². The van der Waals surface area contributed by atoms with E-state index in [9.17, 15) is 15.0 Å². The van der Waals surface area contributed by atoms with E-state index in [0.29, 0.717) is 0 Å². The van der Waals surface area contributed by atoms with Crippen LogP contribution in [0.4, 0.5) is 0 Å². The third kappa shape index (κ3) is 5.10. The lowest BCUT2D eigenvalue weighted by Gasteiger charge is -2.41. The second-order valence-corrected chi connectivity index (χ2v) is 6.54. The molecule has 2 aliphatic rings. The second kappa shape index (κ2) is 8.72. The van der Waals surface area contributed by atoms with Gasteiger partial charge in [-0.05, 0) is 20.8 Å². The maximum atomic E-state index is 12.0. The number of hydrogen-bond donors (Lipinski definition) is 2. The molecule has 2 fully saturated rings. The van der Waals surface area contributed by atoms with E-state index < -0.39 is 48.4 Å². The van der Waals surface area contributed by atoms with Crippen LogP contribution < -0.4 is 0 Å². The Morgan fingerprint density at radius 2 is 2.08 bits per heavy atom. The quantitative estimate of drug-likeness (QED) is 0.459. The standard InChI is InChI=1S/C16H28O9/c1-5-21-15(19)10-6-9(17)12(18)14(24-10)13(22-8-20-4)11-7-23-16(2,3)25-11/h9-14,17-18H,5-8H2,1-4H3/t9-,10-,11+,12+,13+,14+/m0/s1. The van der Waals surface area contributed by atoms with Crippen molar-refractivity contribution in [2.75, 3.05) is 27.1 Å². The summed E-state index contributed by atoms with van der Waals surface area (Å²) in [7, 11) is 1.46. The molecule has 0 bridgehead atoms. The van der Waals surface area contributed by atoms with Crippen molar-refractivity contribution < 1.29 is 43.4 Å². The van der Waals surface area contributed by atoms with Gasteiger partial charge in [-0.25, -0.2) is 4.79 Å². The summed E-state index contributed by atoms with van der Waals surface area (Å²) < 4.78 is 32.6. The number of ether oxygens (including phenoxy) is 6. The van der Waals surface area contributed by atoms with Crippen molar-refractivity contribution in [2.45, 2.75) is 69.6 Å². The molecule has 9 nitrogen and oxygen atoms in total. The van der Waals surface area contributed by atoms with Crippen molar-refractivity contribution in [1.82, 2.24) is 0 Å². The Kier molecular flexibility index (Phi) is 7.15. The first-order valence-corrected chi connectivity index (χ1v) is 8.39. The third-order valence-corrected chi connectivity index (χ3v) is 4.16. The van der Waals surface area contributed by atoms with Crippen LogP contribution in [0.2, 0.25) is 0 Å². The van der Waals surface area contributed by atoms with Gasteiger partial charge in [0.05, 0.1) is 19.3 Å². The number of hydrogen-bond acceptors (Lipinski definition) is 9. The minimum absolute atomic E-state index is 0.0545. The number of carbonyl (C=O) groups excluding carboxylic acids is 1. The molecule has 0 aliphatic carbocycles. The van der Waals surface area contributed by atoms with Crippen molar-refractivity contribution >= 4 is 5.97 Å². The summed E-state index contributed by atoms with van der Waals surface area (Å²) in [5, 5.41) is 20.5. The van der Waals surface area contributed by atoms with E-state index >= 15 is 0 Å². The summed E-state index contributed by atoms with van der Waals surface area (Å²) in [6.07, 6.45) is -5.82. The van der Waals surface area contributed by atoms with Gasteiger partial charge in [0.15, 0.2) is 11.9 Å². The van der Waals surface area contributed by atoms with Gasteiger partial charge >= 0.3 is 5.97 Å². The van der Waals surface area contributed by atoms with Crippen LogP contribution in [0.1, 0.15) is 27.2 Å². The predicted molar refractivity (Wildman–Crippen MR) is 83.6 cm³/mol. The SMILES string of the molecule is CCOC(=O)[C@@H]1C[C@H](O)[C@@H](O)[C@H]([C@H](OCOC)[C@H]2COC(C)(C)O2)O1. The molecule has 0 spiro atoms. The van der Waals surface area contributed by atoms with Gasteiger partial charge in [-0.2, -0.15) is 0 Å². The van der Waals surface area contributed by atoms with Crippen molar-refractivity contribution in [3.8, 4) is 0 Å². The normalized spacial score (nSPS) is 36.2. The Balaban J connectivity index is 2.16. The van der Waals surface area contributed by atoms with Gasteiger partial charge in [0.25, 0.3) is 0 Å². The average molecular weight is 364 g/mol. The fraction of sp³-hybridized carbons (Fsp3) is 0.938. The number of rotatable bonds is 7. The lowest BCUT2D eigenvalue weighted by molar-refractivity contribution is -0.248. The van der Waals surface area contributed by atoms with Gasteiger partial charge in [0.2, 0.25) is 0 Å². The lowest BCUT2D eigenvalue weighted by Crippen LogP contribution is -2.59. The molecule has 25 heavy (non-hydrogen) atoms. The molecule has 0 saturated carbocycles. The zero-order valence-electron chi connectivity index (χ0n) is 15.0. The van der Waals surface area contributed by atoms with Crippen LogP contribution in [-0.2, 0) is 33.2 Å². The number of methoxy groups -OCH3 is 1. The van der Waals surface area contributed by atoms with Crippen LogP contribution in [0.15, 0.2) is 0 Å². The van der Waals surface area contributed by atoms with E-state index in [0.717, 1.165) is 0 Å². The highest BCUT2D eigenvalue weighted by Crippen LogP contribution is 2.32. The zero-order chi connectivity index (χ0) is 18.6. The first-order chi connectivity index (χ1) is 11.8. The number of carbonyl (C=O) groups is 1. The van der Waals surface area contributed by atoms with Crippen LogP contribution in [0.3, 0.4) is 0 Å². The predicted octanol–water partition coefficient (Wildman–Crippen LogP) is -0.431. The summed E-state index contributed by atoms with van der Waals surface area (Å²) in [5.41, 5.74) is 0. The molecule has 0 aromatic carbocycles. The zero-order valence-corrected chi connectivity index (χ0v) is 15.0. The number of aliphatic hydroxyl groups is 2. The second-order valence-electron chi connectivity index (χ2n) is 6.54. The molecule has 6 atom stereocenters. The van der Waals surface area contributed by atoms with Gasteiger partial charge in [-0.1, -0.05) is 0 Å². The minimum atomic E-state index is -1.25. The highest BCUT2D eigenvalue weighted by Gasteiger charge is 2.49. The van der Waals surface area contributed by atoms with E-state index in [-0.39, 0.29) is 26.4 Å². The minimum Gasteiger partial charge on any atom is -0.464 e. The molecule has 146 valence electrons. The summed E-state index contributed by atoms with van der Waals surface area (Å²) in [6.45, 7) is 5.54. The molecule has 0 unspecified atom stereocenters. The molecule has 0 aromatic heterocycles. The average Bonchev–Trinajstić information content (AvgIpc) is 2.91. The number of esters is 1. The van der Waals surface area contributed by atoms with E-state index in [2.05, 4.69) is 0 Å². The van der Waals surface area contributed by atoms with E-state index in [1.807, 2.05) is 0 Å². The summed E-state index contributed by atoms with van der Waals surface area (Å²) in [5.74, 6) is -1.40. The van der Waals surface area contributed by atoms with Crippen LogP contribution in [0.5, 0.6) is 0 Å². The Labute approximate surface area is 147 Å². The largest absolute Gasteiger partial charge is 0.464 e. The summed E-state index contributed by atoms with van der Waals surface area (Å²) in [4.78, 5) is 12.0. The molecule has 0 radical (unpaired) electrons. The smallest absolute Gasteiger partial charge is 0.335 e. The van der Waals surface area contributed by atoms with Crippen molar-refractivity contribution in [2.24, 2.45) is 0 Å². The fourth-order valence-corrected chi connectivity index (χ4v) is 3.00. The first-order valence-electron chi connectivity index (χ1n) is 8.39. The van der Waals surface area contributed by atoms with Crippen molar-refractivity contribution in [3.05, 3.63) is 0 Å². The molecule has 0 aromatic rings. The molecule has 2 aliphatic heterocycles. The Bertz CT molecular complexity index is 441. The molecular formula is C16H28O9. The molecule has 2 rings (SSSR count). The van der Waals surface area contributed by atoms with E-state index in [4.69, 9.17) is 28.4 Å². The van der Waals surface area contributed by atoms with Crippen LogP contribution in [-0.4, -0.2) is 85.7 Å². The molecule has 2 saturated heterocycles. The van der Waals surface area contributed by atoms with Gasteiger partial charge in [-0.15, -0.1) is 0 Å². The maximum Gasteiger partial charge on any atom is 0.335 e. The highest BCUT2D eigenvalue weighted by molar-refractivity contribution is 5.74. The summed E-state index contributed by atoms with van der Waals surface area (Å²) in [6, 6.07) is 0. The molecule has 2 N–H and O–H groups in total. The highest BCUT2D eigenvalue weighted by atomic mass is 16.8. The topological polar surface area (TPSA) is 113 Å². The molecular weight excluding hydrogens is 336 g/mol. The van der Waals surface area contributed by atoms with E-state index in [1.54, 1.807) is 20.8 Å².